The van der Waals surface area contributed by atoms with Crippen LogP contribution in [-0.4, -0.2) is 24.1 Å². The number of nitrogens with zero attached hydrogens (tertiary/aromatic N) is 3. The number of hydrogen-bond donors (Lipinski definition) is 3. The van der Waals surface area contributed by atoms with Crippen LogP contribution in [0.1, 0.15) is 5.69 Å². The van der Waals surface area contributed by atoms with E-state index in [9.17, 15) is 0 Å². The summed E-state index contributed by atoms with van der Waals surface area (Å²) < 4.78 is 0. The number of aryl methyl sites for hydroxylation is 1. The maximum Gasteiger partial charge on any atom is 0.239 e. The molecule has 0 spiro atoms. The Hall–Kier alpha value is -2.34. The first-order valence-electron chi connectivity index (χ1n) is 5.95. The third-order valence-electron chi connectivity index (χ3n) is 2.64. The van der Waals surface area contributed by atoms with Crippen LogP contribution in [0.5, 0.6) is 0 Å². The lowest BCUT2D eigenvalue weighted by atomic mass is 10.2. The lowest BCUT2D eigenvalue weighted by Crippen LogP contribution is -2.12. The molecule has 0 bridgehead atoms. The summed E-state index contributed by atoms with van der Waals surface area (Å²) in [6.07, 6.45) is 0. The minimum absolute atomic E-state index is 0.396. The highest BCUT2D eigenvalue weighted by Gasteiger charge is 2.02. The van der Waals surface area contributed by atoms with Gasteiger partial charge in [0.05, 0.1) is 0 Å². The minimum Gasteiger partial charge on any atom is -0.378 e. The van der Waals surface area contributed by atoms with Crippen LogP contribution in [0.15, 0.2) is 30.3 Å². The monoisotopic (exact) mass is 258 g/mol. The molecule has 0 aliphatic heterocycles. The topological polar surface area (TPSA) is 79.1 Å². The summed E-state index contributed by atoms with van der Waals surface area (Å²) in [4.78, 5) is 10.4. The fourth-order valence-electron chi connectivity index (χ4n) is 1.69. The number of hydrogen-bond acceptors (Lipinski definition) is 6. The molecular formula is C13H18N6. The Labute approximate surface area is 112 Å². The van der Waals surface area contributed by atoms with Crippen LogP contribution >= 0.6 is 0 Å². The van der Waals surface area contributed by atoms with E-state index in [4.69, 9.17) is 5.84 Å². The van der Waals surface area contributed by atoms with Crippen LogP contribution in [-0.2, 0) is 0 Å². The van der Waals surface area contributed by atoms with E-state index in [1.165, 1.54) is 0 Å². The molecule has 0 fully saturated rings. The quantitative estimate of drug-likeness (QED) is 0.574. The Morgan fingerprint density at radius 3 is 2.37 bits per heavy atom. The summed E-state index contributed by atoms with van der Waals surface area (Å²) in [6, 6.07) is 9.95. The predicted octanol–water partition coefficient (Wildman–Crippen LogP) is 1.88. The lowest BCUT2D eigenvalue weighted by Gasteiger charge is -2.13. The van der Waals surface area contributed by atoms with E-state index in [1.54, 1.807) is 0 Å². The number of aromatic nitrogens is 2. The molecule has 2 aromatic rings. The zero-order valence-corrected chi connectivity index (χ0v) is 11.3. The fraction of sp³-hybridized carbons (Fsp3) is 0.231. The van der Waals surface area contributed by atoms with E-state index >= 15 is 0 Å². The van der Waals surface area contributed by atoms with Gasteiger partial charge in [-0.2, -0.15) is 4.98 Å². The highest BCUT2D eigenvalue weighted by Crippen LogP contribution is 2.19. The molecule has 0 radical (unpaired) electrons. The van der Waals surface area contributed by atoms with Crippen molar-refractivity contribution in [2.45, 2.75) is 6.92 Å². The molecule has 6 nitrogen and oxygen atoms in total. The van der Waals surface area contributed by atoms with Gasteiger partial charge >= 0.3 is 0 Å². The number of nitrogens with one attached hydrogen (secondary N) is 2. The number of nitrogen functional groups attached to an aromatic ring is 1. The zero-order chi connectivity index (χ0) is 13.8. The van der Waals surface area contributed by atoms with Gasteiger partial charge in [0.1, 0.15) is 5.82 Å². The number of hydrazine groups is 1. The molecule has 0 amide bonds. The van der Waals surface area contributed by atoms with Gasteiger partial charge in [0, 0.05) is 37.2 Å². The van der Waals surface area contributed by atoms with Crippen LogP contribution < -0.4 is 21.5 Å². The molecule has 0 atom stereocenters. The van der Waals surface area contributed by atoms with Gasteiger partial charge in [0.25, 0.3) is 0 Å². The van der Waals surface area contributed by atoms with Gasteiger partial charge in [-0.1, -0.05) is 0 Å². The molecule has 2 rings (SSSR count). The van der Waals surface area contributed by atoms with Gasteiger partial charge in [-0.3, -0.25) is 5.43 Å². The minimum atomic E-state index is 0.396. The molecule has 0 aliphatic carbocycles. The molecule has 0 saturated heterocycles. The smallest absolute Gasteiger partial charge is 0.239 e. The highest BCUT2D eigenvalue weighted by atomic mass is 15.3. The Morgan fingerprint density at radius 2 is 1.79 bits per heavy atom. The Morgan fingerprint density at radius 1 is 1.11 bits per heavy atom. The van der Waals surface area contributed by atoms with Crippen molar-refractivity contribution in [3.63, 3.8) is 0 Å². The van der Waals surface area contributed by atoms with Crippen molar-refractivity contribution < 1.29 is 0 Å². The van der Waals surface area contributed by atoms with Crippen LogP contribution in [0, 0.1) is 6.92 Å². The number of anilines is 4. The Kier molecular flexibility index (Phi) is 3.82. The van der Waals surface area contributed by atoms with Crippen molar-refractivity contribution in [2.24, 2.45) is 5.84 Å². The molecular weight excluding hydrogens is 240 g/mol. The maximum absolute atomic E-state index is 5.33. The second kappa shape index (κ2) is 5.53. The summed E-state index contributed by atoms with van der Waals surface area (Å²) in [5.41, 5.74) is 5.40. The van der Waals surface area contributed by atoms with Gasteiger partial charge in [-0.25, -0.2) is 10.8 Å². The van der Waals surface area contributed by atoms with E-state index in [-0.39, 0.29) is 0 Å². The Bertz CT molecular complexity index is 550. The number of rotatable bonds is 4. The van der Waals surface area contributed by atoms with Crippen molar-refractivity contribution in [2.75, 3.05) is 29.7 Å². The molecule has 0 aliphatic rings. The highest BCUT2D eigenvalue weighted by molar-refractivity contribution is 5.61. The van der Waals surface area contributed by atoms with Crippen molar-refractivity contribution >= 4 is 23.1 Å². The molecule has 6 heteroatoms. The molecule has 1 aromatic carbocycles. The molecule has 0 unspecified atom stereocenters. The number of benzene rings is 1. The first-order chi connectivity index (χ1) is 9.08. The molecule has 100 valence electrons. The second-order valence-electron chi connectivity index (χ2n) is 4.43. The van der Waals surface area contributed by atoms with E-state index < -0.39 is 0 Å². The van der Waals surface area contributed by atoms with Crippen molar-refractivity contribution in [3.8, 4) is 0 Å². The molecule has 4 N–H and O–H groups in total. The summed E-state index contributed by atoms with van der Waals surface area (Å²) in [6.45, 7) is 1.89. The first-order valence-corrected chi connectivity index (χ1v) is 5.95. The van der Waals surface area contributed by atoms with E-state index in [2.05, 4.69) is 25.6 Å². The normalized spacial score (nSPS) is 10.1. The van der Waals surface area contributed by atoms with Gasteiger partial charge in [0.15, 0.2) is 0 Å². The zero-order valence-electron chi connectivity index (χ0n) is 11.3. The van der Waals surface area contributed by atoms with Crippen molar-refractivity contribution in [1.82, 2.24) is 9.97 Å². The Balaban J connectivity index is 2.18. The van der Waals surface area contributed by atoms with Gasteiger partial charge in [0.2, 0.25) is 5.95 Å². The van der Waals surface area contributed by atoms with E-state index in [0.29, 0.717) is 11.8 Å². The van der Waals surface area contributed by atoms with Crippen molar-refractivity contribution in [3.05, 3.63) is 36.0 Å². The third kappa shape index (κ3) is 3.32. The van der Waals surface area contributed by atoms with Crippen LogP contribution in [0.2, 0.25) is 0 Å². The summed E-state index contributed by atoms with van der Waals surface area (Å²) in [5.74, 6) is 6.43. The fourth-order valence-corrected chi connectivity index (χ4v) is 1.69. The summed E-state index contributed by atoms with van der Waals surface area (Å²) in [7, 11) is 4.02. The van der Waals surface area contributed by atoms with Crippen molar-refractivity contribution in [1.29, 1.82) is 0 Å². The average Bonchev–Trinajstić information content (AvgIpc) is 2.38. The molecule has 1 heterocycles. The van der Waals surface area contributed by atoms with E-state index in [1.807, 2.05) is 51.4 Å². The summed E-state index contributed by atoms with van der Waals surface area (Å²) in [5, 5.41) is 3.22. The molecule has 0 saturated carbocycles. The second-order valence-corrected chi connectivity index (χ2v) is 4.43. The van der Waals surface area contributed by atoms with Gasteiger partial charge < -0.3 is 10.2 Å². The summed E-state index contributed by atoms with van der Waals surface area (Å²) >= 11 is 0. The average molecular weight is 258 g/mol. The predicted molar refractivity (Wildman–Crippen MR) is 78.6 cm³/mol. The van der Waals surface area contributed by atoms with Crippen LogP contribution in [0.3, 0.4) is 0 Å². The van der Waals surface area contributed by atoms with Gasteiger partial charge in [-0.05, 0) is 31.2 Å². The first kappa shape index (κ1) is 13.1. The maximum atomic E-state index is 5.33. The largest absolute Gasteiger partial charge is 0.378 e. The van der Waals surface area contributed by atoms with Gasteiger partial charge in [-0.15, -0.1) is 0 Å². The molecule has 19 heavy (non-hydrogen) atoms. The van der Waals surface area contributed by atoms with E-state index in [0.717, 1.165) is 17.1 Å². The lowest BCUT2D eigenvalue weighted by molar-refractivity contribution is 1.07. The molecule has 1 aromatic heterocycles. The van der Waals surface area contributed by atoms with Crippen LogP contribution in [0.25, 0.3) is 0 Å². The van der Waals surface area contributed by atoms with Crippen LogP contribution in [0.4, 0.5) is 23.1 Å². The number of nitrogens with two attached hydrogens (primary N) is 1. The SMILES string of the molecule is Cc1cc(Nc2ccc(N(C)C)cc2)nc(NN)n1. The third-order valence-corrected chi connectivity index (χ3v) is 2.64. The standard InChI is InChI=1S/C13H18N6/c1-9-8-12(17-13(15-9)18-14)16-10-4-6-11(7-5-10)19(2)3/h4-8H,14H2,1-3H3,(H2,15,16,17,18).